The lowest BCUT2D eigenvalue weighted by Gasteiger charge is -2.45. The molecule has 1 aliphatic heterocycles. The number of hydrogen-bond acceptors (Lipinski definition) is 6. The molecule has 2 aromatic heterocycles. The molecule has 2 atom stereocenters. The van der Waals surface area contributed by atoms with Gasteiger partial charge in [-0.1, -0.05) is 13.0 Å². The van der Waals surface area contributed by atoms with Crippen LogP contribution >= 0.6 is 0 Å². The third kappa shape index (κ3) is 4.00. The van der Waals surface area contributed by atoms with Crippen molar-refractivity contribution in [2.24, 2.45) is 0 Å². The molecular formula is C22H24FN5O3. The molecule has 1 aromatic carbocycles. The number of fused-ring (bicyclic) bond motifs is 1. The van der Waals surface area contributed by atoms with Gasteiger partial charge >= 0.3 is 0 Å². The molecule has 0 aliphatic carbocycles. The second-order valence-electron chi connectivity index (χ2n) is 7.58. The SMILES string of the molecule is CCc1nc2ccc(CN3C[C@H](Oc4ccc(C(=O)NC)nc4)[C@H]3C)c(F)c2[nH]c1=O. The number of aromatic nitrogens is 3. The summed E-state index contributed by atoms with van der Waals surface area (Å²) < 4.78 is 21.0. The average molecular weight is 425 g/mol. The van der Waals surface area contributed by atoms with Crippen LogP contribution in [-0.2, 0) is 13.0 Å². The molecule has 0 bridgehead atoms. The smallest absolute Gasteiger partial charge is 0.270 e. The summed E-state index contributed by atoms with van der Waals surface area (Å²) in [6.07, 6.45) is 1.95. The van der Waals surface area contributed by atoms with Crippen LogP contribution in [0.5, 0.6) is 5.75 Å². The zero-order valence-corrected chi connectivity index (χ0v) is 17.6. The van der Waals surface area contributed by atoms with E-state index < -0.39 is 5.82 Å². The Bertz CT molecular complexity index is 1180. The quantitative estimate of drug-likeness (QED) is 0.627. The van der Waals surface area contributed by atoms with Crippen molar-refractivity contribution in [3.63, 3.8) is 0 Å². The summed E-state index contributed by atoms with van der Waals surface area (Å²) in [5.74, 6) is -0.124. The van der Waals surface area contributed by atoms with E-state index >= 15 is 0 Å². The Kier molecular flexibility index (Phi) is 5.69. The van der Waals surface area contributed by atoms with Crippen LogP contribution in [0.3, 0.4) is 0 Å². The van der Waals surface area contributed by atoms with E-state index in [4.69, 9.17) is 4.74 Å². The Balaban J connectivity index is 1.42. The number of aromatic amines is 1. The number of likely N-dealkylation sites (tertiary alicyclic amines) is 1. The molecule has 4 rings (SSSR count). The molecule has 3 heterocycles. The van der Waals surface area contributed by atoms with Crippen molar-refractivity contribution in [1.29, 1.82) is 0 Å². The zero-order valence-electron chi connectivity index (χ0n) is 17.6. The highest BCUT2D eigenvalue weighted by molar-refractivity contribution is 5.92. The van der Waals surface area contributed by atoms with Gasteiger partial charge in [0.15, 0.2) is 5.82 Å². The van der Waals surface area contributed by atoms with Gasteiger partial charge in [-0.25, -0.2) is 14.4 Å². The lowest BCUT2D eigenvalue weighted by Crippen LogP contribution is -2.60. The predicted molar refractivity (Wildman–Crippen MR) is 114 cm³/mol. The fourth-order valence-corrected chi connectivity index (χ4v) is 3.66. The molecule has 0 spiro atoms. The molecule has 1 amide bonds. The van der Waals surface area contributed by atoms with E-state index in [1.807, 2.05) is 13.8 Å². The third-order valence-corrected chi connectivity index (χ3v) is 5.68. The predicted octanol–water partition coefficient (Wildman–Crippen LogP) is 2.03. The first-order valence-corrected chi connectivity index (χ1v) is 10.2. The van der Waals surface area contributed by atoms with E-state index in [9.17, 15) is 14.0 Å². The fourth-order valence-electron chi connectivity index (χ4n) is 3.66. The van der Waals surface area contributed by atoms with E-state index in [2.05, 4.69) is 25.2 Å². The minimum atomic E-state index is -0.449. The molecule has 1 aliphatic rings. The Morgan fingerprint density at radius 1 is 1.35 bits per heavy atom. The minimum Gasteiger partial charge on any atom is -0.486 e. The van der Waals surface area contributed by atoms with Gasteiger partial charge in [0.2, 0.25) is 0 Å². The number of H-pyrrole nitrogens is 1. The summed E-state index contributed by atoms with van der Waals surface area (Å²) in [7, 11) is 1.55. The molecule has 31 heavy (non-hydrogen) atoms. The fraction of sp³-hybridized carbons (Fsp3) is 0.364. The van der Waals surface area contributed by atoms with Gasteiger partial charge in [-0.3, -0.25) is 14.5 Å². The first-order chi connectivity index (χ1) is 14.9. The van der Waals surface area contributed by atoms with Crippen LogP contribution in [-0.4, -0.2) is 51.5 Å². The van der Waals surface area contributed by atoms with E-state index in [0.29, 0.717) is 47.7 Å². The first kappa shape index (κ1) is 20.9. The second kappa shape index (κ2) is 8.43. The van der Waals surface area contributed by atoms with E-state index in [1.165, 1.54) is 6.20 Å². The minimum absolute atomic E-state index is 0.0633. The molecule has 8 nitrogen and oxygen atoms in total. The van der Waals surface area contributed by atoms with Crippen molar-refractivity contribution in [2.45, 2.75) is 39.0 Å². The molecule has 9 heteroatoms. The summed E-state index contributed by atoms with van der Waals surface area (Å²) in [4.78, 5) is 36.7. The number of hydrogen-bond donors (Lipinski definition) is 2. The maximum atomic E-state index is 15.0. The molecule has 0 radical (unpaired) electrons. The van der Waals surface area contributed by atoms with Crippen LogP contribution in [0.2, 0.25) is 0 Å². The summed E-state index contributed by atoms with van der Waals surface area (Å²) in [6.45, 7) is 4.87. The van der Waals surface area contributed by atoms with Crippen LogP contribution in [0.25, 0.3) is 11.0 Å². The summed E-state index contributed by atoms with van der Waals surface area (Å²) in [6, 6.07) is 6.84. The number of carbonyl (C=O) groups excluding carboxylic acids is 1. The van der Waals surface area contributed by atoms with Crippen molar-refractivity contribution in [3.05, 3.63) is 63.6 Å². The number of amides is 1. The van der Waals surface area contributed by atoms with Crippen molar-refractivity contribution in [1.82, 2.24) is 25.2 Å². The maximum Gasteiger partial charge on any atom is 0.270 e. The Morgan fingerprint density at radius 2 is 2.16 bits per heavy atom. The molecule has 1 fully saturated rings. The first-order valence-electron chi connectivity index (χ1n) is 10.2. The van der Waals surface area contributed by atoms with Crippen LogP contribution in [0.15, 0.2) is 35.3 Å². The summed E-state index contributed by atoms with van der Waals surface area (Å²) >= 11 is 0. The number of rotatable bonds is 6. The number of halogens is 1. The standard InChI is InChI=1S/C22H24FN5O3/c1-4-15-22(30)27-20-16(26-15)7-5-13(19(20)23)10-28-11-18(12(28)2)31-14-6-8-17(25-9-14)21(29)24-3/h5-9,12,18H,4,10-11H2,1-3H3,(H,24,29)(H,27,30)/t12-,18+/m1/s1. The van der Waals surface area contributed by atoms with E-state index in [-0.39, 0.29) is 29.1 Å². The van der Waals surface area contributed by atoms with E-state index in [1.54, 1.807) is 31.3 Å². The maximum absolute atomic E-state index is 15.0. The van der Waals surface area contributed by atoms with Gasteiger partial charge in [0, 0.05) is 31.7 Å². The summed E-state index contributed by atoms with van der Waals surface area (Å²) in [5.41, 5.74) is 1.45. The number of benzene rings is 1. The molecule has 162 valence electrons. The van der Waals surface area contributed by atoms with Crippen molar-refractivity contribution < 1.29 is 13.9 Å². The van der Waals surface area contributed by atoms with Gasteiger partial charge in [0.05, 0.1) is 11.7 Å². The van der Waals surface area contributed by atoms with Crippen LogP contribution in [0.1, 0.15) is 35.6 Å². The lowest BCUT2D eigenvalue weighted by molar-refractivity contribution is -0.0419. The van der Waals surface area contributed by atoms with Gasteiger partial charge < -0.3 is 15.0 Å². The Labute approximate surface area is 178 Å². The monoisotopic (exact) mass is 425 g/mol. The van der Waals surface area contributed by atoms with Gasteiger partial charge in [0.1, 0.15) is 28.8 Å². The van der Waals surface area contributed by atoms with Gasteiger partial charge in [-0.05, 0) is 31.5 Å². The van der Waals surface area contributed by atoms with Crippen molar-refractivity contribution in [3.8, 4) is 5.75 Å². The molecule has 3 aromatic rings. The molecule has 2 N–H and O–H groups in total. The number of carbonyl (C=O) groups is 1. The number of ether oxygens (including phenoxy) is 1. The molecular weight excluding hydrogens is 401 g/mol. The van der Waals surface area contributed by atoms with Crippen molar-refractivity contribution in [2.75, 3.05) is 13.6 Å². The van der Waals surface area contributed by atoms with Gasteiger partial charge in [0.25, 0.3) is 11.5 Å². The highest BCUT2D eigenvalue weighted by Crippen LogP contribution is 2.27. The molecule has 0 unspecified atom stereocenters. The number of nitrogens with zero attached hydrogens (tertiary/aromatic N) is 3. The van der Waals surface area contributed by atoms with Gasteiger partial charge in [-0.15, -0.1) is 0 Å². The largest absolute Gasteiger partial charge is 0.486 e. The highest BCUT2D eigenvalue weighted by Gasteiger charge is 2.37. The highest BCUT2D eigenvalue weighted by atomic mass is 19.1. The Hall–Kier alpha value is -3.33. The van der Waals surface area contributed by atoms with E-state index in [0.717, 1.165) is 0 Å². The third-order valence-electron chi connectivity index (χ3n) is 5.68. The van der Waals surface area contributed by atoms with Crippen LogP contribution < -0.4 is 15.6 Å². The second-order valence-corrected chi connectivity index (χ2v) is 7.58. The van der Waals surface area contributed by atoms with Crippen LogP contribution in [0, 0.1) is 5.82 Å². The normalized spacial score (nSPS) is 18.6. The number of pyridine rings is 1. The lowest BCUT2D eigenvalue weighted by atomic mass is 9.99. The number of nitrogens with one attached hydrogen (secondary N) is 2. The molecule has 0 saturated carbocycles. The average Bonchev–Trinajstić information content (AvgIpc) is 2.79. The summed E-state index contributed by atoms with van der Waals surface area (Å²) in [5, 5.41) is 2.52. The number of aryl methyl sites for hydroxylation is 1. The van der Waals surface area contributed by atoms with Crippen molar-refractivity contribution >= 4 is 16.9 Å². The zero-order chi connectivity index (χ0) is 22.1. The Morgan fingerprint density at radius 3 is 2.81 bits per heavy atom. The van der Waals surface area contributed by atoms with Crippen LogP contribution in [0.4, 0.5) is 4.39 Å². The molecule has 1 saturated heterocycles. The van der Waals surface area contributed by atoms with Gasteiger partial charge in [-0.2, -0.15) is 0 Å². The topological polar surface area (TPSA) is 100 Å².